The van der Waals surface area contributed by atoms with Gasteiger partial charge in [0.1, 0.15) is 12.2 Å². The summed E-state index contributed by atoms with van der Waals surface area (Å²) in [5, 5.41) is 12.2. The summed E-state index contributed by atoms with van der Waals surface area (Å²) in [4.78, 5) is 37.1. The maximum atomic E-state index is 12.8. The topological polar surface area (TPSA) is 118 Å². The van der Waals surface area contributed by atoms with Crippen molar-refractivity contribution >= 4 is 17.9 Å². The molecule has 2 fully saturated rings. The third-order valence-electron chi connectivity index (χ3n) is 8.69. The molecule has 2 aliphatic carbocycles. The SMILES string of the molecule is C=C/C(C)=C/C[C@]1(C)[C@H](C)[C@@H](OC(=O)CCC)[C@H](O)[C@@]23C(=C[C@H](OC)C[C@@H]12)[C@@H](OC(C)=O)O[C@H]3OC(C)=O. The predicted octanol–water partition coefficient (Wildman–Crippen LogP) is 3.99. The average molecular weight is 535 g/mol. The molecule has 212 valence electrons. The van der Waals surface area contributed by atoms with E-state index in [1.807, 2.05) is 20.8 Å². The fraction of sp³-hybridized carbons (Fsp3) is 0.690. The van der Waals surface area contributed by atoms with E-state index in [0.717, 1.165) is 5.57 Å². The van der Waals surface area contributed by atoms with Crippen LogP contribution in [0.3, 0.4) is 0 Å². The zero-order valence-electron chi connectivity index (χ0n) is 23.5. The molecule has 1 heterocycles. The van der Waals surface area contributed by atoms with Crippen LogP contribution in [0.1, 0.15) is 67.2 Å². The first kappa shape index (κ1) is 30.1. The van der Waals surface area contributed by atoms with E-state index < -0.39 is 53.5 Å². The largest absolute Gasteiger partial charge is 0.459 e. The smallest absolute Gasteiger partial charge is 0.306 e. The number of ether oxygens (including phenoxy) is 5. The van der Waals surface area contributed by atoms with Gasteiger partial charge in [-0.1, -0.05) is 45.1 Å². The summed E-state index contributed by atoms with van der Waals surface area (Å²) in [5.41, 5.74) is -0.516. The highest BCUT2D eigenvalue weighted by molar-refractivity contribution is 5.70. The standard InChI is InChI=1S/C29H42O9/c1-9-11-23(32)37-24-17(4)28(7,13-12-16(3)10-2)22-15-20(34-8)14-21-26(35-18(5)30)38-27(36-19(6)31)29(21,22)25(24)33/h10,12,14,17,20,22,24-27,33H,2,9,11,13,15H2,1,3-8H3/b16-12+/t17-,20+,22+,24-,25+,26+,27-,28-,29-/m1/s1. The van der Waals surface area contributed by atoms with Crippen LogP contribution in [-0.4, -0.2) is 61.0 Å². The molecule has 0 radical (unpaired) electrons. The highest BCUT2D eigenvalue weighted by atomic mass is 16.8. The van der Waals surface area contributed by atoms with Crippen molar-refractivity contribution in [3.05, 3.63) is 36.0 Å². The van der Waals surface area contributed by atoms with Crippen molar-refractivity contribution in [2.45, 2.75) is 98.1 Å². The monoisotopic (exact) mass is 534 g/mol. The Bertz CT molecular complexity index is 1000. The van der Waals surface area contributed by atoms with E-state index in [0.29, 0.717) is 24.8 Å². The third kappa shape index (κ3) is 5.20. The van der Waals surface area contributed by atoms with E-state index in [4.69, 9.17) is 23.7 Å². The molecule has 0 unspecified atom stereocenters. The number of aliphatic hydroxyl groups excluding tert-OH is 1. The van der Waals surface area contributed by atoms with Crippen LogP contribution >= 0.6 is 0 Å². The Morgan fingerprint density at radius 3 is 2.39 bits per heavy atom. The molecule has 9 nitrogen and oxygen atoms in total. The van der Waals surface area contributed by atoms with Gasteiger partial charge in [0.05, 0.1) is 11.5 Å². The van der Waals surface area contributed by atoms with E-state index in [9.17, 15) is 19.5 Å². The molecular formula is C29H42O9. The van der Waals surface area contributed by atoms with E-state index in [1.165, 1.54) is 13.8 Å². The minimum absolute atomic E-state index is 0.201. The van der Waals surface area contributed by atoms with E-state index >= 15 is 0 Å². The molecule has 1 spiro atoms. The third-order valence-corrected chi connectivity index (χ3v) is 8.69. The molecule has 3 aliphatic rings. The first-order valence-electron chi connectivity index (χ1n) is 13.3. The van der Waals surface area contributed by atoms with Crippen molar-refractivity contribution in [3.63, 3.8) is 0 Å². The number of carbonyl (C=O) groups is 3. The molecule has 1 N–H and O–H groups in total. The maximum Gasteiger partial charge on any atom is 0.306 e. The van der Waals surface area contributed by atoms with Gasteiger partial charge in [0.25, 0.3) is 0 Å². The molecule has 0 amide bonds. The van der Waals surface area contributed by atoms with E-state index in [2.05, 4.69) is 19.6 Å². The van der Waals surface area contributed by atoms with Gasteiger partial charge < -0.3 is 24.1 Å². The van der Waals surface area contributed by atoms with Crippen LogP contribution in [0.2, 0.25) is 0 Å². The number of aliphatic hydroxyl groups is 1. The molecule has 38 heavy (non-hydrogen) atoms. The van der Waals surface area contributed by atoms with Crippen molar-refractivity contribution in [2.75, 3.05) is 7.11 Å². The number of rotatable bonds is 9. The first-order valence-corrected chi connectivity index (χ1v) is 13.3. The molecule has 1 saturated heterocycles. The van der Waals surface area contributed by atoms with Crippen molar-refractivity contribution in [2.24, 2.45) is 22.7 Å². The molecule has 1 aliphatic heterocycles. The van der Waals surface area contributed by atoms with Gasteiger partial charge >= 0.3 is 17.9 Å². The minimum atomic E-state index is -1.35. The molecule has 0 aromatic rings. The van der Waals surface area contributed by atoms with Crippen molar-refractivity contribution in [1.29, 1.82) is 0 Å². The Morgan fingerprint density at radius 1 is 1.18 bits per heavy atom. The average Bonchev–Trinajstić information content (AvgIpc) is 3.15. The second kappa shape index (κ2) is 11.7. The Hall–Kier alpha value is -2.49. The zero-order chi connectivity index (χ0) is 28.4. The van der Waals surface area contributed by atoms with E-state index in [1.54, 1.807) is 19.3 Å². The van der Waals surface area contributed by atoms with Crippen molar-refractivity contribution in [1.82, 2.24) is 0 Å². The molecule has 9 atom stereocenters. The van der Waals surface area contributed by atoms with Gasteiger partial charge in [0.15, 0.2) is 0 Å². The summed E-state index contributed by atoms with van der Waals surface area (Å²) in [6.07, 6.45) is 2.34. The van der Waals surface area contributed by atoms with Gasteiger partial charge in [-0.2, -0.15) is 0 Å². The van der Waals surface area contributed by atoms with Crippen LogP contribution in [0.25, 0.3) is 0 Å². The van der Waals surface area contributed by atoms with Gasteiger partial charge in [-0.05, 0) is 43.6 Å². The normalized spacial score (nSPS) is 38.4. The Morgan fingerprint density at radius 2 is 1.84 bits per heavy atom. The van der Waals surface area contributed by atoms with Crippen LogP contribution in [0.15, 0.2) is 36.0 Å². The Kier molecular flexibility index (Phi) is 9.27. The number of carbonyl (C=O) groups excluding carboxylic acids is 3. The first-order chi connectivity index (χ1) is 17.9. The number of methoxy groups -OCH3 is 1. The quantitative estimate of drug-likeness (QED) is 0.203. The lowest BCUT2D eigenvalue weighted by Gasteiger charge is -2.62. The molecule has 3 rings (SSSR count). The molecule has 0 aromatic carbocycles. The lowest BCUT2D eigenvalue weighted by Crippen LogP contribution is -2.68. The maximum absolute atomic E-state index is 12.8. The number of hydrogen-bond donors (Lipinski definition) is 1. The number of allylic oxidation sites excluding steroid dienone is 3. The van der Waals surface area contributed by atoms with E-state index in [-0.39, 0.29) is 24.4 Å². The summed E-state index contributed by atoms with van der Waals surface area (Å²) in [5.74, 6) is -2.30. The molecule has 1 saturated carbocycles. The predicted molar refractivity (Wildman–Crippen MR) is 138 cm³/mol. The fourth-order valence-corrected chi connectivity index (χ4v) is 6.55. The highest BCUT2D eigenvalue weighted by Gasteiger charge is 2.74. The summed E-state index contributed by atoms with van der Waals surface area (Å²) < 4.78 is 29.0. The Balaban J connectivity index is 2.30. The van der Waals surface area contributed by atoms with Gasteiger partial charge in [-0.3, -0.25) is 19.1 Å². The molecule has 0 bridgehead atoms. The van der Waals surface area contributed by atoms with Gasteiger partial charge in [-0.15, -0.1) is 0 Å². The zero-order valence-corrected chi connectivity index (χ0v) is 23.5. The Labute approximate surface area is 225 Å². The van der Waals surface area contributed by atoms with Crippen LogP contribution in [-0.2, 0) is 38.1 Å². The second-order valence-corrected chi connectivity index (χ2v) is 10.9. The highest BCUT2D eigenvalue weighted by Crippen LogP contribution is 2.67. The van der Waals surface area contributed by atoms with Crippen LogP contribution in [0, 0.1) is 22.7 Å². The summed E-state index contributed by atoms with van der Waals surface area (Å²) in [6.45, 7) is 14.3. The van der Waals surface area contributed by atoms with Gasteiger partial charge in [-0.25, -0.2) is 0 Å². The van der Waals surface area contributed by atoms with Crippen molar-refractivity contribution in [3.8, 4) is 0 Å². The van der Waals surface area contributed by atoms with Crippen LogP contribution < -0.4 is 0 Å². The summed E-state index contributed by atoms with van der Waals surface area (Å²) in [7, 11) is 1.59. The molecule has 0 aromatic heterocycles. The number of esters is 3. The summed E-state index contributed by atoms with van der Waals surface area (Å²) >= 11 is 0. The molecule has 9 heteroatoms. The number of hydrogen-bond acceptors (Lipinski definition) is 9. The summed E-state index contributed by atoms with van der Waals surface area (Å²) in [6, 6.07) is 0. The minimum Gasteiger partial charge on any atom is -0.459 e. The van der Waals surface area contributed by atoms with Gasteiger partial charge in [0, 0.05) is 38.9 Å². The van der Waals surface area contributed by atoms with Crippen LogP contribution in [0.5, 0.6) is 0 Å². The van der Waals surface area contributed by atoms with Crippen LogP contribution in [0.4, 0.5) is 0 Å². The lowest BCUT2D eigenvalue weighted by molar-refractivity contribution is -0.276. The second-order valence-electron chi connectivity index (χ2n) is 10.9. The van der Waals surface area contributed by atoms with Gasteiger partial charge in [0.2, 0.25) is 12.6 Å². The van der Waals surface area contributed by atoms with Crippen molar-refractivity contribution < 1.29 is 43.2 Å². The fourth-order valence-electron chi connectivity index (χ4n) is 6.55. The lowest BCUT2D eigenvalue weighted by atomic mass is 9.44. The molecular weight excluding hydrogens is 492 g/mol.